The second kappa shape index (κ2) is 5.42. The molecule has 0 radical (unpaired) electrons. The number of hydrogen-bond acceptors (Lipinski definition) is 3. The zero-order chi connectivity index (χ0) is 14.0. The average Bonchev–Trinajstić information content (AvgIpc) is 2.62. The van der Waals surface area contributed by atoms with E-state index >= 15 is 0 Å². The molecule has 1 saturated heterocycles. The van der Waals surface area contributed by atoms with Gasteiger partial charge in [-0.25, -0.2) is 0 Å². The van der Waals surface area contributed by atoms with E-state index in [2.05, 4.69) is 15.7 Å². The van der Waals surface area contributed by atoms with Crippen molar-refractivity contribution in [2.45, 2.75) is 33.2 Å². The molecule has 104 valence electrons. The molecule has 2 rings (SSSR count). The molecule has 1 aromatic heterocycles. The summed E-state index contributed by atoms with van der Waals surface area (Å²) in [6.45, 7) is 4.86. The highest BCUT2D eigenvalue weighted by molar-refractivity contribution is 5.83. The molecule has 6 nitrogen and oxygen atoms in total. The van der Waals surface area contributed by atoms with E-state index in [4.69, 9.17) is 0 Å². The van der Waals surface area contributed by atoms with Crippen LogP contribution in [0.3, 0.4) is 0 Å². The summed E-state index contributed by atoms with van der Waals surface area (Å²) >= 11 is 0. The van der Waals surface area contributed by atoms with Crippen LogP contribution in [0.25, 0.3) is 0 Å². The molecule has 0 spiro atoms. The minimum absolute atomic E-state index is 0.00246. The third-order valence-corrected chi connectivity index (χ3v) is 3.73. The number of amides is 2. The second-order valence-corrected chi connectivity index (χ2v) is 5.03. The third kappa shape index (κ3) is 2.94. The number of piperidine rings is 1. The fourth-order valence-corrected chi connectivity index (χ4v) is 2.35. The van der Waals surface area contributed by atoms with Gasteiger partial charge in [-0.3, -0.25) is 14.3 Å². The minimum Gasteiger partial charge on any atom is -0.355 e. The van der Waals surface area contributed by atoms with Crippen LogP contribution in [-0.2, 0) is 23.2 Å². The van der Waals surface area contributed by atoms with Crippen molar-refractivity contribution in [2.75, 3.05) is 6.54 Å². The van der Waals surface area contributed by atoms with Gasteiger partial charge in [0, 0.05) is 37.8 Å². The Kier molecular flexibility index (Phi) is 3.87. The first-order valence-electron chi connectivity index (χ1n) is 6.52. The summed E-state index contributed by atoms with van der Waals surface area (Å²) in [4.78, 5) is 23.1. The molecule has 2 heterocycles. The first kappa shape index (κ1) is 13.6. The maximum absolute atomic E-state index is 12.0. The number of hydrogen-bond donors (Lipinski definition) is 2. The van der Waals surface area contributed by atoms with E-state index < -0.39 is 0 Å². The van der Waals surface area contributed by atoms with Crippen LogP contribution in [0, 0.1) is 19.8 Å². The van der Waals surface area contributed by atoms with Crippen LogP contribution in [-0.4, -0.2) is 28.1 Å². The SMILES string of the molecule is Cc1nn(C)c(C)c1CNC(=O)C1CCC(=O)NC1. The number of carbonyl (C=O) groups is 2. The molecular formula is C13H20N4O2. The van der Waals surface area contributed by atoms with E-state index in [0.717, 1.165) is 17.0 Å². The van der Waals surface area contributed by atoms with Gasteiger partial charge in [0.25, 0.3) is 0 Å². The van der Waals surface area contributed by atoms with Crippen LogP contribution >= 0.6 is 0 Å². The highest BCUT2D eigenvalue weighted by Gasteiger charge is 2.24. The maximum atomic E-state index is 12.0. The molecule has 0 saturated carbocycles. The average molecular weight is 264 g/mol. The number of aryl methyl sites for hydroxylation is 2. The molecule has 1 atom stereocenters. The molecule has 1 unspecified atom stereocenters. The third-order valence-electron chi connectivity index (χ3n) is 3.73. The van der Waals surface area contributed by atoms with Crippen LogP contribution in [0.2, 0.25) is 0 Å². The van der Waals surface area contributed by atoms with Crippen molar-refractivity contribution in [3.8, 4) is 0 Å². The molecule has 0 aliphatic carbocycles. The van der Waals surface area contributed by atoms with E-state index in [0.29, 0.717) is 25.9 Å². The van der Waals surface area contributed by atoms with Crippen molar-refractivity contribution in [3.05, 3.63) is 17.0 Å². The summed E-state index contributed by atoms with van der Waals surface area (Å²) in [6.07, 6.45) is 1.06. The van der Waals surface area contributed by atoms with Crippen molar-refractivity contribution in [2.24, 2.45) is 13.0 Å². The van der Waals surface area contributed by atoms with Crippen LogP contribution in [0.15, 0.2) is 0 Å². The van der Waals surface area contributed by atoms with Crippen molar-refractivity contribution < 1.29 is 9.59 Å². The van der Waals surface area contributed by atoms with Crippen molar-refractivity contribution in [1.82, 2.24) is 20.4 Å². The Morgan fingerprint density at radius 1 is 1.53 bits per heavy atom. The van der Waals surface area contributed by atoms with Crippen molar-refractivity contribution in [3.63, 3.8) is 0 Å². The van der Waals surface area contributed by atoms with E-state index in [1.54, 1.807) is 0 Å². The number of rotatable bonds is 3. The largest absolute Gasteiger partial charge is 0.355 e. The Bertz CT molecular complexity index is 497. The molecule has 0 aromatic carbocycles. The van der Waals surface area contributed by atoms with Gasteiger partial charge >= 0.3 is 0 Å². The number of nitrogens with zero attached hydrogens (tertiary/aromatic N) is 2. The monoisotopic (exact) mass is 264 g/mol. The lowest BCUT2D eigenvalue weighted by Crippen LogP contribution is -2.42. The maximum Gasteiger partial charge on any atom is 0.225 e. The molecule has 19 heavy (non-hydrogen) atoms. The Hall–Kier alpha value is -1.85. The number of carbonyl (C=O) groups excluding carboxylic acids is 2. The molecule has 0 bridgehead atoms. The lowest BCUT2D eigenvalue weighted by molar-refractivity contribution is -0.129. The number of aromatic nitrogens is 2. The molecule has 6 heteroatoms. The van der Waals surface area contributed by atoms with E-state index in [9.17, 15) is 9.59 Å². The summed E-state index contributed by atoms with van der Waals surface area (Å²) < 4.78 is 1.82. The smallest absolute Gasteiger partial charge is 0.225 e. The Balaban J connectivity index is 1.91. The van der Waals surface area contributed by atoms with E-state index in [1.807, 2.05) is 25.6 Å². The van der Waals surface area contributed by atoms with Gasteiger partial charge in [-0.2, -0.15) is 5.10 Å². The Labute approximate surface area is 112 Å². The topological polar surface area (TPSA) is 76.0 Å². The van der Waals surface area contributed by atoms with Crippen LogP contribution in [0.4, 0.5) is 0 Å². The summed E-state index contributed by atoms with van der Waals surface area (Å²) in [5.41, 5.74) is 3.07. The molecule has 2 amide bonds. The van der Waals surface area contributed by atoms with E-state index in [1.165, 1.54) is 0 Å². The highest BCUT2D eigenvalue weighted by Crippen LogP contribution is 2.14. The first-order valence-corrected chi connectivity index (χ1v) is 6.52. The Morgan fingerprint density at radius 3 is 2.79 bits per heavy atom. The molecular weight excluding hydrogens is 244 g/mol. The van der Waals surface area contributed by atoms with Gasteiger partial charge in [-0.1, -0.05) is 0 Å². The molecule has 1 aliphatic rings. The first-order chi connectivity index (χ1) is 8.99. The zero-order valence-corrected chi connectivity index (χ0v) is 11.6. The van der Waals surface area contributed by atoms with Gasteiger partial charge in [-0.05, 0) is 20.3 Å². The predicted molar refractivity (Wildman–Crippen MR) is 70.3 cm³/mol. The summed E-state index contributed by atoms with van der Waals surface area (Å²) in [6, 6.07) is 0. The fourth-order valence-electron chi connectivity index (χ4n) is 2.35. The van der Waals surface area contributed by atoms with Gasteiger partial charge in [0.1, 0.15) is 0 Å². The van der Waals surface area contributed by atoms with Gasteiger partial charge < -0.3 is 10.6 Å². The quantitative estimate of drug-likeness (QED) is 0.817. The van der Waals surface area contributed by atoms with Gasteiger partial charge in [0.15, 0.2) is 0 Å². The highest BCUT2D eigenvalue weighted by atomic mass is 16.2. The van der Waals surface area contributed by atoms with Gasteiger partial charge in [0.05, 0.1) is 11.6 Å². The lowest BCUT2D eigenvalue weighted by atomic mass is 9.98. The second-order valence-electron chi connectivity index (χ2n) is 5.03. The van der Waals surface area contributed by atoms with Crippen LogP contribution < -0.4 is 10.6 Å². The van der Waals surface area contributed by atoms with Crippen molar-refractivity contribution >= 4 is 11.8 Å². The summed E-state index contributed by atoms with van der Waals surface area (Å²) in [5.74, 6) is -0.0827. The van der Waals surface area contributed by atoms with Crippen LogP contribution in [0.1, 0.15) is 29.8 Å². The van der Waals surface area contributed by atoms with Crippen LogP contribution in [0.5, 0.6) is 0 Å². The normalized spacial score (nSPS) is 19.1. The summed E-state index contributed by atoms with van der Waals surface area (Å²) in [5, 5.41) is 9.98. The van der Waals surface area contributed by atoms with Gasteiger partial charge in [0.2, 0.25) is 11.8 Å². The summed E-state index contributed by atoms with van der Waals surface area (Å²) in [7, 11) is 1.89. The van der Waals surface area contributed by atoms with Gasteiger partial charge in [-0.15, -0.1) is 0 Å². The van der Waals surface area contributed by atoms with Crippen molar-refractivity contribution in [1.29, 1.82) is 0 Å². The predicted octanol–water partition coefficient (Wildman–Crippen LogP) is 0.179. The fraction of sp³-hybridized carbons (Fsp3) is 0.615. The Morgan fingerprint density at radius 2 is 2.26 bits per heavy atom. The van der Waals surface area contributed by atoms with E-state index in [-0.39, 0.29) is 17.7 Å². The zero-order valence-electron chi connectivity index (χ0n) is 11.6. The minimum atomic E-state index is -0.116. The molecule has 1 aliphatic heterocycles. The molecule has 1 fully saturated rings. The lowest BCUT2D eigenvalue weighted by Gasteiger charge is -2.21. The molecule has 2 N–H and O–H groups in total. The molecule has 1 aromatic rings. The number of nitrogens with one attached hydrogen (secondary N) is 2. The standard InChI is InChI=1S/C13H20N4O2/c1-8-11(9(2)17(3)16-8)7-15-13(19)10-4-5-12(18)14-6-10/h10H,4-7H2,1-3H3,(H,14,18)(H,15,19).